The molecule has 1 N–H and O–H groups in total. The number of benzene rings is 3. The minimum atomic E-state index is -1.38. The van der Waals surface area contributed by atoms with Crippen molar-refractivity contribution >= 4 is 40.6 Å². The van der Waals surface area contributed by atoms with Crippen molar-refractivity contribution in [3.63, 3.8) is 0 Å². The topological polar surface area (TPSA) is 101 Å². The molecule has 3 aromatic carbocycles. The van der Waals surface area contributed by atoms with Gasteiger partial charge in [-0.15, -0.1) is 0 Å². The number of imide groups is 1. The Balaban J connectivity index is 1.55. The Labute approximate surface area is 259 Å². The van der Waals surface area contributed by atoms with Gasteiger partial charge in [0, 0.05) is 24.5 Å². The van der Waals surface area contributed by atoms with Crippen LogP contribution in [-0.4, -0.2) is 47.5 Å². The van der Waals surface area contributed by atoms with E-state index in [9.17, 15) is 24.3 Å². The number of carbonyl (C=O) groups is 4. The molecule has 2 amide bonds. The Kier molecular flexibility index (Phi) is 6.63. The van der Waals surface area contributed by atoms with Crippen LogP contribution in [0.2, 0.25) is 5.02 Å². The number of methoxy groups -OCH3 is 1. The molecule has 0 radical (unpaired) electrons. The molecule has 7 nitrogen and oxygen atoms in total. The number of aromatic hydroxyl groups is 1. The highest BCUT2D eigenvalue weighted by Crippen LogP contribution is 2.64. The number of phenolic OH excluding ortho intramolecular Hbond substituents is 1. The fourth-order valence-electron chi connectivity index (χ4n) is 8.32. The van der Waals surface area contributed by atoms with Crippen LogP contribution >= 0.6 is 11.6 Å². The molecule has 4 aliphatic rings. The zero-order valence-corrected chi connectivity index (χ0v) is 25.0. The van der Waals surface area contributed by atoms with E-state index in [1.165, 1.54) is 25.1 Å². The molecule has 6 atom stereocenters. The summed E-state index contributed by atoms with van der Waals surface area (Å²) in [5, 5.41) is 10.7. The van der Waals surface area contributed by atoms with Gasteiger partial charge in [0.25, 0.3) is 0 Å². The lowest BCUT2D eigenvalue weighted by Gasteiger charge is -2.55. The van der Waals surface area contributed by atoms with Crippen LogP contribution in [0.5, 0.6) is 11.5 Å². The summed E-state index contributed by atoms with van der Waals surface area (Å²) in [6, 6.07) is 21.7. The number of rotatable bonds is 4. The van der Waals surface area contributed by atoms with Crippen LogP contribution in [-0.2, 0) is 24.6 Å². The van der Waals surface area contributed by atoms with Crippen LogP contribution < -0.4 is 4.74 Å². The number of likely N-dealkylation sites (tertiary alicyclic amines) is 1. The molecule has 3 aromatic rings. The van der Waals surface area contributed by atoms with Crippen molar-refractivity contribution < 1.29 is 29.0 Å². The molecule has 1 aliphatic heterocycles. The first-order chi connectivity index (χ1) is 21.2. The number of hydrogen-bond acceptors (Lipinski definition) is 6. The lowest BCUT2D eigenvalue weighted by molar-refractivity contribution is -0.139. The van der Waals surface area contributed by atoms with Gasteiger partial charge in [-0.2, -0.15) is 0 Å². The second-order valence-electron chi connectivity index (χ2n) is 12.1. The smallest absolute Gasteiger partial charge is 0.233 e. The summed E-state index contributed by atoms with van der Waals surface area (Å²) in [5.74, 6) is -4.23. The van der Waals surface area contributed by atoms with E-state index in [1.54, 1.807) is 12.1 Å². The summed E-state index contributed by atoms with van der Waals surface area (Å²) in [6.07, 6.45) is 4.03. The Hall–Kier alpha value is -4.49. The van der Waals surface area contributed by atoms with Gasteiger partial charge in [0.05, 0.1) is 29.4 Å². The van der Waals surface area contributed by atoms with Crippen molar-refractivity contribution in [3.05, 3.63) is 112 Å². The molecule has 7 rings (SSSR count). The van der Waals surface area contributed by atoms with Crippen LogP contribution in [0, 0.1) is 23.7 Å². The highest BCUT2D eigenvalue weighted by molar-refractivity contribution is 6.33. The van der Waals surface area contributed by atoms with Crippen LogP contribution in [0.1, 0.15) is 35.4 Å². The third-order valence-corrected chi connectivity index (χ3v) is 10.5. The van der Waals surface area contributed by atoms with Crippen LogP contribution in [0.4, 0.5) is 0 Å². The Morgan fingerprint density at radius 2 is 1.61 bits per heavy atom. The third kappa shape index (κ3) is 3.81. The fraction of sp³-hybridized carbons (Fsp3) is 0.278. The van der Waals surface area contributed by atoms with E-state index in [0.717, 1.165) is 5.57 Å². The first-order valence-electron chi connectivity index (χ1n) is 14.7. The maximum Gasteiger partial charge on any atom is 0.233 e. The van der Waals surface area contributed by atoms with Crippen LogP contribution in [0.15, 0.2) is 90.5 Å². The molecule has 1 saturated carbocycles. The van der Waals surface area contributed by atoms with E-state index in [2.05, 4.69) is 0 Å². The quantitative estimate of drug-likeness (QED) is 0.310. The van der Waals surface area contributed by atoms with Crippen molar-refractivity contribution in [1.29, 1.82) is 0 Å². The maximum absolute atomic E-state index is 14.9. The standard InChI is InChI=1S/C36H30ClNO6/c1-38-34(42)23-14-13-22-25(30(23)35(38)43)17-26-32(40)24(19-9-5-3-6-10-19)18-29(39)36(26,21-11-7-4-8-12-21)31(22)20-15-27(37)33(41)28(16-20)44-2/h3-13,15-16,18,23,25-26,30-31,41H,14,17H2,1-2H3. The second-order valence-corrected chi connectivity index (χ2v) is 12.5. The normalized spacial score (nSPS) is 29.4. The minimum Gasteiger partial charge on any atom is -0.503 e. The first kappa shape index (κ1) is 28.3. The van der Waals surface area contributed by atoms with Crippen molar-refractivity contribution in [2.24, 2.45) is 23.7 Å². The monoisotopic (exact) mass is 607 g/mol. The van der Waals surface area contributed by atoms with Crippen LogP contribution in [0.3, 0.4) is 0 Å². The molecule has 0 bridgehead atoms. The number of halogens is 1. The molecule has 3 aliphatic carbocycles. The van der Waals surface area contributed by atoms with E-state index in [1.807, 2.05) is 66.7 Å². The van der Waals surface area contributed by atoms with E-state index in [4.69, 9.17) is 16.3 Å². The predicted molar refractivity (Wildman–Crippen MR) is 164 cm³/mol. The molecule has 0 spiro atoms. The number of fused-ring (bicyclic) bond motifs is 4. The highest BCUT2D eigenvalue weighted by Gasteiger charge is 2.65. The van der Waals surface area contributed by atoms with Gasteiger partial charge in [0.1, 0.15) is 0 Å². The molecule has 44 heavy (non-hydrogen) atoms. The van der Waals surface area contributed by atoms with Gasteiger partial charge in [-0.05, 0) is 53.7 Å². The van der Waals surface area contributed by atoms with Gasteiger partial charge < -0.3 is 9.84 Å². The maximum atomic E-state index is 14.9. The number of carbonyl (C=O) groups excluding carboxylic acids is 4. The predicted octanol–water partition coefficient (Wildman–Crippen LogP) is 5.51. The summed E-state index contributed by atoms with van der Waals surface area (Å²) in [4.78, 5) is 57.7. The largest absolute Gasteiger partial charge is 0.503 e. The zero-order valence-electron chi connectivity index (χ0n) is 24.2. The average Bonchev–Trinajstić information content (AvgIpc) is 3.27. The number of nitrogens with zero attached hydrogens (tertiary/aromatic N) is 1. The van der Waals surface area contributed by atoms with Gasteiger partial charge in [-0.3, -0.25) is 24.1 Å². The SMILES string of the molecule is COc1cc(C2C3=CCC4C(=O)N(C)C(=O)C4C3CC3C(=O)C(c4ccccc4)=CC(=O)C32c2ccccc2)cc(Cl)c1O. The van der Waals surface area contributed by atoms with Crippen molar-refractivity contribution in [3.8, 4) is 11.5 Å². The van der Waals surface area contributed by atoms with Crippen molar-refractivity contribution in [1.82, 2.24) is 4.90 Å². The van der Waals surface area contributed by atoms with Gasteiger partial charge >= 0.3 is 0 Å². The first-order valence-corrected chi connectivity index (χ1v) is 15.1. The van der Waals surface area contributed by atoms with Gasteiger partial charge in [-0.25, -0.2) is 0 Å². The number of ketones is 2. The van der Waals surface area contributed by atoms with E-state index in [-0.39, 0.29) is 46.3 Å². The summed E-state index contributed by atoms with van der Waals surface area (Å²) < 4.78 is 5.48. The number of phenols is 1. The summed E-state index contributed by atoms with van der Waals surface area (Å²) in [6.45, 7) is 0. The minimum absolute atomic E-state index is 0.0393. The zero-order chi connectivity index (χ0) is 30.9. The molecule has 1 heterocycles. The number of hydrogen-bond donors (Lipinski definition) is 1. The molecular formula is C36H30ClNO6. The average molecular weight is 608 g/mol. The molecule has 222 valence electrons. The van der Waals surface area contributed by atoms with Gasteiger partial charge in [-0.1, -0.05) is 83.9 Å². The Bertz CT molecular complexity index is 1800. The lowest BCUT2D eigenvalue weighted by atomic mass is 9.44. The van der Waals surface area contributed by atoms with Gasteiger partial charge in [0.15, 0.2) is 23.1 Å². The molecule has 1 saturated heterocycles. The Morgan fingerprint density at radius 1 is 0.932 bits per heavy atom. The molecule has 8 heteroatoms. The molecule has 6 unspecified atom stereocenters. The molecular weight excluding hydrogens is 578 g/mol. The molecule has 0 aromatic heterocycles. The third-order valence-electron chi connectivity index (χ3n) is 10.2. The number of Topliss-reactive ketones (excluding diaryl/α,β-unsaturated/α-hetero) is 1. The number of ether oxygens (including phenoxy) is 1. The summed E-state index contributed by atoms with van der Waals surface area (Å²) in [5.41, 5.74) is 1.67. The molecule has 2 fully saturated rings. The van der Waals surface area contributed by atoms with Crippen molar-refractivity contribution in [2.45, 2.75) is 24.2 Å². The van der Waals surface area contributed by atoms with E-state index < -0.39 is 35.0 Å². The number of allylic oxidation sites excluding steroid dienone is 4. The lowest BCUT2D eigenvalue weighted by Crippen LogP contribution is -2.58. The van der Waals surface area contributed by atoms with E-state index >= 15 is 0 Å². The fourth-order valence-corrected chi connectivity index (χ4v) is 8.54. The summed E-state index contributed by atoms with van der Waals surface area (Å²) in [7, 11) is 2.93. The van der Waals surface area contributed by atoms with E-state index in [0.29, 0.717) is 28.7 Å². The van der Waals surface area contributed by atoms with Crippen LogP contribution in [0.25, 0.3) is 5.57 Å². The highest BCUT2D eigenvalue weighted by atomic mass is 35.5. The number of amides is 2. The second kappa shape index (κ2) is 10.3. The Morgan fingerprint density at radius 3 is 2.30 bits per heavy atom. The van der Waals surface area contributed by atoms with Crippen molar-refractivity contribution in [2.75, 3.05) is 14.2 Å². The summed E-state index contributed by atoms with van der Waals surface area (Å²) >= 11 is 6.56. The van der Waals surface area contributed by atoms with Gasteiger partial charge in [0.2, 0.25) is 11.8 Å².